The second-order valence-electron chi connectivity index (χ2n) is 3.89. The molecule has 0 spiro atoms. The van der Waals surface area contributed by atoms with E-state index >= 15 is 0 Å². The standard InChI is InChI=1S/C14H11Cl2NO/c1-10-11(3-2-4-14(10)16)9-17(18)13-7-5-12(15)6-8-13/h2-9H,1H3. The number of rotatable bonds is 2. The minimum absolute atomic E-state index is 0.527. The van der Waals surface area contributed by atoms with Crippen LogP contribution in [0.2, 0.25) is 10.0 Å². The van der Waals surface area contributed by atoms with E-state index < -0.39 is 0 Å². The van der Waals surface area contributed by atoms with E-state index in [9.17, 15) is 5.21 Å². The topological polar surface area (TPSA) is 26.1 Å². The van der Waals surface area contributed by atoms with E-state index in [1.807, 2.05) is 19.1 Å². The molecular weight excluding hydrogens is 269 g/mol. The molecule has 2 rings (SSSR count). The molecule has 0 fully saturated rings. The number of hydrogen-bond donors (Lipinski definition) is 0. The van der Waals surface area contributed by atoms with Crippen LogP contribution in [0.5, 0.6) is 0 Å². The van der Waals surface area contributed by atoms with Crippen LogP contribution < -0.4 is 0 Å². The molecule has 0 saturated heterocycles. The molecule has 2 nitrogen and oxygen atoms in total. The molecule has 0 heterocycles. The van der Waals surface area contributed by atoms with Gasteiger partial charge >= 0.3 is 0 Å². The molecule has 4 heteroatoms. The lowest BCUT2D eigenvalue weighted by molar-refractivity contribution is -0.354. The maximum atomic E-state index is 12.0. The summed E-state index contributed by atoms with van der Waals surface area (Å²) >= 11 is 11.8. The summed E-state index contributed by atoms with van der Waals surface area (Å²) in [5, 5.41) is 13.2. The molecule has 0 unspecified atom stereocenters. The Kier molecular flexibility index (Phi) is 3.90. The largest absolute Gasteiger partial charge is 0.618 e. The Balaban J connectivity index is 2.38. The summed E-state index contributed by atoms with van der Waals surface area (Å²) in [4.78, 5) is 0. The molecule has 0 aliphatic heterocycles. The Hall–Kier alpha value is -1.51. The fourth-order valence-corrected chi connectivity index (χ4v) is 1.86. The van der Waals surface area contributed by atoms with Gasteiger partial charge in [-0.3, -0.25) is 0 Å². The minimum atomic E-state index is 0.527. The molecule has 0 amide bonds. The van der Waals surface area contributed by atoms with Crippen molar-refractivity contribution in [3.05, 3.63) is 68.8 Å². The Morgan fingerprint density at radius 3 is 2.39 bits per heavy atom. The van der Waals surface area contributed by atoms with Gasteiger partial charge in [-0.2, -0.15) is 4.74 Å². The van der Waals surface area contributed by atoms with Gasteiger partial charge in [0.2, 0.25) is 5.69 Å². The molecule has 0 atom stereocenters. The minimum Gasteiger partial charge on any atom is -0.618 e. The van der Waals surface area contributed by atoms with E-state index in [-0.39, 0.29) is 0 Å². The van der Waals surface area contributed by atoms with Crippen molar-refractivity contribution in [3.63, 3.8) is 0 Å². The number of hydrogen-bond acceptors (Lipinski definition) is 1. The maximum absolute atomic E-state index is 12.0. The molecule has 2 aromatic rings. The van der Waals surface area contributed by atoms with Gasteiger partial charge in [-0.15, -0.1) is 0 Å². The highest BCUT2D eigenvalue weighted by Gasteiger charge is 2.05. The molecule has 0 aliphatic rings. The molecule has 0 saturated carbocycles. The predicted octanol–water partition coefficient (Wildman–Crippen LogP) is 4.56. The van der Waals surface area contributed by atoms with E-state index in [1.165, 1.54) is 6.21 Å². The molecular formula is C14H11Cl2NO. The van der Waals surface area contributed by atoms with Crippen LogP contribution in [0.3, 0.4) is 0 Å². The first-order valence-electron chi connectivity index (χ1n) is 5.40. The number of benzene rings is 2. The SMILES string of the molecule is Cc1c(Cl)cccc1C=[N+]([O-])c1ccc(Cl)cc1. The summed E-state index contributed by atoms with van der Waals surface area (Å²) < 4.78 is 0.801. The third-order valence-electron chi connectivity index (χ3n) is 2.65. The van der Waals surface area contributed by atoms with Crippen LogP contribution in [-0.2, 0) is 0 Å². The van der Waals surface area contributed by atoms with Crippen molar-refractivity contribution < 1.29 is 4.74 Å². The average molecular weight is 280 g/mol. The van der Waals surface area contributed by atoms with Gasteiger partial charge in [0.25, 0.3) is 0 Å². The smallest absolute Gasteiger partial charge is 0.216 e. The van der Waals surface area contributed by atoms with Crippen molar-refractivity contribution >= 4 is 35.1 Å². The second-order valence-corrected chi connectivity index (χ2v) is 4.73. The van der Waals surface area contributed by atoms with Crippen molar-refractivity contribution in [1.82, 2.24) is 0 Å². The van der Waals surface area contributed by atoms with Crippen LogP contribution in [0.4, 0.5) is 5.69 Å². The van der Waals surface area contributed by atoms with E-state index in [0.29, 0.717) is 15.7 Å². The molecule has 18 heavy (non-hydrogen) atoms. The Morgan fingerprint density at radius 2 is 1.72 bits per heavy atom. The summed E-state index contributed by atoms with van der Waals surface area (Å²) in [6.45, 7) is 1.88. The third-order valence-corrected chi connectivity index (χ3v) is 3.31. The summed E-state index contributed by atoms with van der Waals surface area (Å²) in [5.41, 5.74) is 2.21. The van der Waals surface area contributed by atoms with Gasteiger partial charge in [0.15, 0.2) is 6.21 Å². The van der Waals surface area contributed by atoms with Crippen LogP contribution >= 0.6 is 23.2 Å². The van der Waals surface area contributed by atoms with Crippen LogP contribution in [0.15, 0.2) is 42.5 Å². The summed E-state index contributed by atoms with van der Waals surface area (Å²) in [6.07, 6.45) is 1.50. The molecule has 0 radical (unpaired) electrons. The van der Waals surface area contributed by atoms with Gasteiger partial charge in [-0.05, 0) is 36.8 Å². The quantitative estimate of drug-likeness (QED) is 0.342. The van der Waals surface area contributed by atoms with Gasteiger partial charge in [0, 0.05) is 27.7 Å². The van der Waals surface area contributed by atoms with E-state index in [4.69, 9.17) is 23.2 Å². The normalized spacial score (nSPS) is 11.6. The maximum Gasteiger partial charge on any atom is 0.216 e. The summed E-state index contributed by atoms with van der Waals surface area (Å²) in [6, 6.07) is 12.2. The highest BCUT2D eigenvalue weighted by molar-refractivity contribution is 6.31. The predicted molar refractivity (Wildman–Crippen MR) is 76.1 cm³/mol. The van der Waals surface area contributed by atoms with E-state index in [1.54, 1.807) is 30.3 Å². The molecule has 0 bridgehead atoms. The van der Waals surface area contributed by atoms with Gasteiger partial charge in [-0.1, -0.05) is 29.3 Å². The fourth-order valence-electron chi connectivity index (χ4n) is 1.55. The Bertz CT molecular complexity index is 591. The lowest BCUT2D eigenvalue weighted by atomic mass is 10.1. The van der Waals surface area contributed by atoms with Crippen LogP contribution in [0, 0.1) is 12.1 Å². The van der Waals surface area contributed by atoms with Crippen molar-refractivity contribution in [2.75, 3.05) is 0 Å². The van der Waals surface area contributed by atoms with E-state index in [0.717, 1.165) is 15.9 Å². The Labute approximate surface area is 116 Å². The lowest BCUT2D eigenvalue weighted by Gasteiger charge is -2.05. The highest BCUT2D eigenvalue weighted by atomic mass is 35.5. The van der Waals surface area contributed by atoms with Crippen LogP contribution in [-0.4, -0.2) is 11.0 Å². The van der Waals surface area contributed by atoms with Gasteiger partial charge in [0.1, 0.15) is 0 Å². The molecule has 92 valence electrons. The zero-order valence-electron chi connectivity index (χ0n) is 9.73. The van der Waals surface area contributed by atoms with Crippen molar-refractivity contribution in [2.45, 2.75) is 6.92 Å². The first-order chi connectivity index (χ1) is 8.58. The first kappa shape index (κ1) is 12.9. The summed E-state index contributed by atoms with van der Waals surface area (Å²) in [7, 11) is 0. The molecule has 0 aromatic heterocycles. The zero-order chi connectivity index (χ0) is 13.1. The molecule has 0 aliphatic carbocycles. The van der Waals surface area contributed by atoms with E-state index in [2.05, 4.69) is 0 Å². The third kappa shape index (κ3) is 2.84. The van der Waals surface area contributed by atoms with Gasteiger partial charge in [-0.25, -0.2) is 0 Å². The molecule has 2 aromatic carbocycles. The van der Waals surface area contributed by atoms with Gasteiger partial charge < -0.3 is 5.21 Å². The van der Waals surface area contributed by atoms with Gasteiger partial charge in [0.05, 0.1) is 0 Å². The number of halogens is 2. The average Bonchev–Trinajstić information content (AvgIpc) is 2.36. The van der Waals surface area contributed by atoms with Crippen molar-refractivity contribution in [1.29, 1.82) is 0 Å². The fraction of sp³-hybridized carbons (Fsp3) is 0.0714. The van der Waals surface area contributed by atoms with Crippen LogP contribution in [0.1, 0.15) is 11.1 Å². The van der Waals surface area contributed by atoms with Crippen molar-refractivity contribution in [3.8, 4) is 0 Å². The van der Waals surface area contributed by atoms with Crippen LogP contribution in [0.25, 0.3) is 0 Å². The number of nitrogens with zero attached hydrogens (tertiary/aromatic N) is 1. The Morgan fingerprint density at radius 1 is 1.06 bits per heavy atom. The lowest BCUT2D eigenvalue weighted by Crippen LogP contribution is -2.00. The first-order valence-corrected chi connectivity index (χ1v) is 6.15. The monoisotopic (exact) mass is 279 g/mol. The summed E-state index contributed by atoms with van der Waals surface area (Å²) in [5.74, 6) is 0. The highest BCUT2D eigenvalue weighted by Crippen LogP contribution is 2.19. The van der Waals surface area contributed by atoms with Crippen molar-refractivity contribution in [2.24, 2.45) is 0 Å². The zero-order valence-corrected chi connectivity index (χ0v) is 11.2. The second kappa shape index (κ2) is 5.42. The molecule has 0 N–H and O–H groups in total.